The summed E-state index contributed by atoms with van der Waals surface area (Å²) in [6.45, 7) is 0. The number of carbonyl (C=O) groups excluding carboxylic acids is 1. The molecule has 2 aromatic carbocycles. The second kappa shape index (κ2) is 6.17. The van der Waals surface area contributed by atoms with E-state index in [1.165, 1.54) is 29.0 Å². The van der Waals surface area contributed by atoms with Gasteiger partial charge < -0.3 is 5.32 Å². The van der Waals surface area contributed by atoms with Crippen molar-refractivity contribution in [1.82, 2.24) is 4.98 Å². The molecule has 3 nitrogen and oxygen atoms in total. The molecule has 0 radical (unpaired) electrons. The van der Waals surface area contributed by atoms with Gasteiger partial charge in [-0.25, -0.2) is 9.37 Å². The zero-order valence-electron chi connectivity index (χ0n) is 12.8. The third-order valence-electron chi connectivity index (χ3n) is 4.23. The Morgan fingerprint density at radius 3 is 2.62 bits per heavy atom. The van der Waals surface area contributed by atoms with E-state index in [1.54, 1.807) is 12.1 Å². The largest absolute Gasteiger partial charge is 0.302 e. The number of nitrogens with zero attached hydrogens (tertiary/aromatic N) is 1. The normalized spacial score (nSPS) is 19.0. The summed E-state index contributed by atoms with van der Waals surface area (Å²) in [5.41, 5.74) is 2.79. The van der Waals surface area contributed by atoms with Crippen molar-refractivity contribution >= 4 is 22.4 Å². The fourth-order valence-corrected chi connectivity index (χ4v) is 3.56. The Balaban J connectivity index is 1.41. The lowest BCUT2D eigenvalue weighted by Crippen LogP contribution is -2.14. The van der Waals surface area contributed by atoms with Gasteiger partial charge in [-0.15, -0.1) is 11.3 Å². The SMILES string of the molecule is O=C(Nc1nc(-c2ccc(F)cc2)cs1)[C@H]1C[C@@H]1c1ccccc1. The molecule has 1 amide bonds. The van der Waals surface area contributed by atoms with Crippen molar-refractivity contribution in [2.24, 2.45) is 5.92 Å². The van der Waals surface area contributed by atoms with Crippen molar-refractivity contribution in [3.05, 3.63) is 71.4 Å². The quantitative estimate of drug-likeness (QED) is 0.750. The molecular formula is C19H15FN2OS. The maximum atomic E-state index is 13.0. The van der Waals surface area contributed by atoms with Gasteiger partial charge >= 0.3 is 0 Å². The van der Waals surface area contributed by atoms with Crippen molar-refractivity contribution in [3.63, 3.8) is 0 Å². The van der Waals surface area contributed by atoms with Gasteiger partial charge in [-0.2, -0.15) is 0 Å². The van der Waals surface area contributed by atoms with E-state index in [2.05, 4.69) is 22.4 Å². The third-order valence-corrected chi connectivity index (χ3v) is 4.99. The Morgan fingerprint density at radius 1 is 1.12 bits per heavy atom. The van der Waals surface area contributed by atoms with Crippen molar-refractivity contribution in [1.29, 1.82) is 0 Å². The van der Waals surface area contributed by atoms with Gasteiger partial charge in [0.2, 0.25) is 5.91 Å². The summed E-state index contributed by atoms with van der Waals surface area (Å²) in [6, 6.07) is 16.3. The molecule has 0 spiro atoms. The first-order valence-corrected chi connectivity index (χ1v) is 8.66. The molecule has 120 valence electrons. The van der Waals surface area contributed by atoms with Gasteiger partial charge in [-0.1, -0.05) is 30.3 Å². The second-order valence-electron chi connectivity index (χ2n) is 5.89. The molecule has 3 aromatic rings. The predicted molar refractivity (Wildman–Crippen MR) is 93.4 cm³/mol. The Kier molecular flexibility index (Phi) is 3.86. The van der Waals surface area contributed by atoms with Gasteiger partial charge in [-0.05, 0) is 42.2 Å². The summed E-state index contributed by atoms with van der Waals surface area (Å²) < 4.78 is 13.0. The van der Waals surface area contributed by atoms with Gasteiger partial charge in [0.1, 0.15) is 5.82 Å². The first-order valence-electron chi connectivity index (χ1n) is 7.78. The molecule has 1 heterocycles. The van der Waals surface area contributed by atoms with Gasteiger partial charge in [0, 0.05) is 16.9 Å². The van der Waals surface area contributed by atoms with Gasteiger partial charge in [0.05, 0.1) is 5.69 Å². The summed E-state index contributed by atoms with van der Waals surface area (Å²) in [7, 11) is 0. The Morgan fingerprint density at radius 2 is 1.88 bits per heavy atom. The van der Waals surface area contributed by atoms with Crippen molar-refractivity contribution in [2.45, 2.75) is 12.3 Å². The summed E-state index contributed by atoms with van der Waals surface area (Å²) in [6.07, 6.45) is 0.881. The molecule has 0 unspecified atom stereocenters. The second-order valence-corrected chi connectivity index (χ2v) is 6.75. The molecule has 0 saturated heterocycles. The average Bonchev–Trinajstić information content (AvgIpc) is 3.29. The van der Waals surface area contributed by atoms with Gasteiger partial charge in [0.25, 0.3) is 0 Å². The number of nitrogens with one attached hydrogen (secondary N) is 1. The first kappa shape index (κ1) is 15.0. The fourth-order valence-electron chi connectivity index (χ4n) is 2.84. The molecule has 1 aliphatic rings. The zero-order valence-corrected chi connectivity index (χ0v) is 13.6. The van der Waals surface area contributed by atoms with Crippen LogP contribution in [-0.2, 0) is 4.79 Å². The minimum atomic E-state index is -0.275. The fraction of sp³-hybridized carbons (Fsp3) is 0.158. The summed E-state index contributed by atoms with van der Waals surface area (Å²) in [4.78, 5) is 16.8. The number of aromatic nitrogens is 1. The van der Waals surface area contributed by atoms with Crippen LogP contribution in [0, 0.1) is 11.7 Å². The van der Waals surface area contributed by atoms with Crippen LogP contribution < -0.4 is 5.32 Å². The average molecular weight is 338 g/mol. The highest BCUT2D eigenvalue weighted by atomic mass is 32.1. The minimum Gasteiger partial charge on any atom is -0.302 e. The maximum Gasteiger partial charge on any atom is 0.229 e. The molecule has 1 aliphatic carbocycles. The number of benzene rings is 2. The van der Waals surface area contributed by atoms with E-state index in [4.69, 9.17) is 0 Å². The molecule has 2 atom stereocenters. The van der Waals surface area contributed by atoms with Crippen LogP contribution in [0.3, 0.4) is 0 Å². The van der Waals surface area contributed by atoms with Crippen LogP contribution in [0.5, 0.6) is 0 Å². The van der Waals surface area contributed by atoms with E-state index in [1.807, 2.05) is 23.6 Å². The standard InChI is InChI=1S/C19H15FN2OS/c20-14-8-6-13(7-9-14)17-11-24-19(21-17)22-18(23)16-10-15(16)12-4-2-1-3-5-12/h1-9,11,15-16H,10H2,(H,21,22,23)/t15-,16+/m1/s1. The molecule has 1 aromatic heterocycles. The minimum absolute atomic E-state index is 0.0175. The van der Waals surface area contributed by atoms with E-state index in [0.29, 0.717) is 11.0 Å². The molecular weight excluding hydrogens is 323 g/mol. The lowest BCUT2D eigenvalue weighted by atomic mass is 10.1. The van der Waals surface area contributed by atoms with Crippen LogP contribution >= 0.6 is 11.3 Å². The van der Waals surface area contributed by atoms with Gasteiger partial charge in [0.15, 0.2) is 5.13 Å². The van der Waals surface area contributed by atoms with Crippen molar-refractivity contribution < 1.29 is 9.18 Å². The molecule has 1 N–H and O–H groups in total. The van der Waals surface area contributed by atoms with Crippen molar-refractivity contribution in [2.75, 3.05) is 5.32 Å². The van der Waals surface area contributed by atoms with Crippen LogP contribution in [0.15, 0.2) is 60.0 Å². The maximum absolute atomic E-state index is 13.0. The van der Waals surface area contributed by atoms with Crippen LogP contribution in [0.2, 0.25) is 0 Å². The number of thiazole rings is 1. The van der Waals surface area contributed by atoms with E-state index in [-0.39, 0.29) is 17.6 Å². The Labute approximate surface area is 143 Å². The summed E-state index contributed by atoms with van der Waals surface area (Å²) in [5, 5.41) is 5.35. The number of rotatable bonds is 4. The molecule has 0 aliphatic heterocycles. The van der Waals surface area contributed by atoms with E-state index >= 15 is 0 Å². The number of halogens is 1. The predicted octanol–water partition coefficient (Wildman–Crippen LogP) is 4.69. The van der Waals surface area contributed by atoms with Crippen LogP contribution in [0.1, 0.15) is 17.9 Å². The number of amides is 1. The molecule has 5 heteroatoms. The number of hydrogen-bond donors (Lipinski definition) is 1. The molecule has 24 heavy (non-hydrogen) atoms. The smallest absolute Gasteiger partial charge is 0.229 e. The lowest BCUT2D eigenvalue weighted by Gasteiger charge is -2.01. The van der Waals surface area contributed by atoms with E-state index < -0.39 is 0 Å². The molecule has 1 fully saturated rings. The van der Waals surface area contributed by atoms with Crippen LogP contribution in [-0.4, -0.2) is 10.9 Å². The Hall–Kier alpha value is -2.53. The molecule has 4 rings (SSSR count). The van der Waals surface area contributed by atoms with Crippen LogP contribution in [0.4, 0.5) is 9.52 Å². The number of hydrogen-bond acceptors (Lipinski definition) is 3. The highest BCUT2D eigenvalue weighted by Gasteiger charge is 2.44. The lowest BCUT2D eigenvalue weighted by molar-refractivity contribution is -0.117. The topological polar surface area (TPSA) is 42.0 Å². The van der Waals surface area contributed by atoms with Crippen molar-refractivity contribution in [3.8, 4) is 11.3 Å². The van der Waals surface area contributed by atoms with E-state index in [9.17, 15) is 9.18 Å². The van der Waals surface area contributed by atoms with E-state index in [0.717, 1.165) is 17.7 Å². The number of anilines is 1. The molecule has 1 saturated carbocycles. The third kappa shape index (κ3) is 3.08. The highest BCUT2D eigenvalue weighted by Crippen LogP contribution is 2.48. The molecule has 0 bridgehead atoms. The first-order chi connectivity index (χ1) is 11.7. The summed E-state index contributed by atoms with van der Waals surface area (Å²) >= 11 is 1.38. The number of carbonyl (C=O) groups is 1. The van der Waals surface area contributed by atoms with Gasteiger partial charge in [-0.3, -0.25) is 4.79 Å². The monoisotopic (exact) mass is 338 g/mol. The Bertz CT molecular complexity index is 861. The summed E-state index contributed by atoms with van der Waals surface area (Å²) in [5.74, 6) is 0.0698. The highest BCUT2D eigenvalue weighted by molar-refractivity contribution is 7.14. The zero-order chi connectivity index (χ0) is 16.5. The van der Waals surface area contributed by atoms with Crippen LogP contribution in [0.25, 0.3) is 11.3 Å².